The molecule has 0 atom stereocenters. The Bertz CT molecular complexity index is 1400. The predicted molar refractivity (Wildman–Crippen MR) is 153 cm³/mol. The molecular formula is C29H32N6OS. The fourth-order valence-corrected chi connectivity index (χ4v) is 6.41. The standard InChI is InChI=1S/C29H32N6OS/c1-3-33-12-14-34(15-13-33)25-9-7-22(16-20(25)2)27-23-17-21(6-8-24(23)30-19-31-27)18-26-28(36)32-29(37-26)35-10-4-5-11-35/h6-9,16-19H,3-5,10-15H2,1-2H3. The zero-order valence-electron chi connectivity index (χ0n) is 21.5. The summed E-state index contributed by atoms with van der Waals surface area (Å²) < 4.78 is 0. The highest BCUT2D eigenvalue weighted by atomic mass is 32.2. The van der Waals surface area contributed by atoms with E-state index in [9.17, 15) is 4.79 Å². The van der Waals surface area contributed by atoms with Crippen molar-refractivity contribution in [1.82, 2.24) is 19.8 Å². The Morgan fingerprint density at radius 2 is 1.76 bits per heavy atom. The molecular weight excluding hydrogens is 480 g/mol. The van der Waals surface area contributed by atoms with Crippen LogP contribution < -0.4 is 4.90 Å². The summed E-state index contributed by atoms with van der Waals surface area (Å²) in [5.41, 5.74) is 6.40. The molecule has 3 aliphatic heterocycles. The second-order valence-corrected chi connectivity index (χ2v) is 10.9. The number of anilines is 1. The number of thioether (sulfide) groups is 1. The largest absolute Gasteiger partial charge is 0.369 e. The number of hydrogen-bond acceptors (Lipinski definition) is 7. The van der Waals surface area contributed by atoms with E-state index < -0.39 is 0 Å². The number of piperazine rings is 1. The van der Waals surface area contributed by atoms with E-state index in [-0.39, 0.29) is 5.91 Å². The Morgan fingerprint density at radius 3 is 2.51 bits per heavy atom. The van der Waals surface area contributed by atoms with Gasteiger partial charge >= 0.3 is 0 Å². The van der Waals surface area contributed by atoms with Crippen LogP contribution >= 0.6 is 11.8 Å². The van der Waals surface area contributed by atoms with Gasteiger partial charge in [-0.2, -0.15) is 4.99 Å². The van der Waals surface area contributed by atoms with Gasteiger partial charge < -0.3 is 14.7 Å². The fourth-order valence-electron chi connectivity index (χ4n) is 5.45. The second-order valence-electron chi connectivity index (χ2n) is 9.93. The SMILES string of the molecule is CCN1CCN(c2ccc(-c3ncnc4ccc(C=C5SC(N6CCCC6)=NC5=O)cc34)cc2C)CC1. The minimum Gasteiger partial charge on any atom is -0.369 e. The molecule has 6 rings (SSSR count). The van der Waals surface area contributed by atoms with Gasteiger partial charge in [0.05, 0.1) is 16.1 Å². The van der Waals surface area contributed by atoms with Crippen molar-refractivity contribution in [2.24, 2.45) is 4.99 Å². The lowest BCUT2D eigenvalue weighted by Gasteiger charge is -2.36. The number of likely N-dealkylation sites (N-methyl/N-ethyl adjacent to an activating group) is 1. The summed E-state index contributed by atoms with van der Waals surface area (Å²) in [6.07, 6.45) is 5.90. The lowest BCUT2D eigenvalue weighted by molar-refractivity contribution is -0.113. The first-order chi connectivity index (χ1) is 18.1. The third kappa shape index (κ3) is 4.88. The molecule has 2 aromatic carbocycles. The third-order valence-corrected chi connectivity index (χ3v) is 8.62. The number of carbonyl (C=O) groups excluding carboxylic acids is 1. The molecule has 3 aliphatic rings. The number of likely N-dealkylation sites (tertiary alicyclic amines) is 1. The first-order valence-corrected chi connectivity index (χ1v) is 14.0. The van der Waals surface area contributed by atoms with E-state index in [1.54, 1.807) is 6.33 Å². The van der Waals surface area contributed by atoms with Crippen LogP contribution in [0.5, 0.6) is 0 Å². The van der Waals surface area contributed by atoms with Crippen molar-refractivity contribution in [3.63, 3.8) is 0 Å². The molecule has 1 aromatic heterocycles. The summed E-state index contributed by atoms with van der Waals surface area (Å²) in [5.74, 6) is -0.150. The minimum absolute atomic E-state index is 0.150. The molecule has 7 nitrogen and oxygen atoms in total. The average molecular weight is 513 g/mol. The summed E-state index contributed by atoms with van der Waals surface area (Å²) >= 11 is 1.48. The number of hydrogen-bond donors (Lipinski definition) is 0. The van der Waals surface area contributed by atoms with E-state index >= 15 is 0 Å². The van der Waals surface area contributed by atoms with E-state index in [1.165, 1.54) is 23.0 Å². The summed E-state index contributed by atoms with van der Waals surface area (Å²) in [6, 6.07) is 12.8. The van der Waals surface area contributed by atoms with Crippen molar-refractivity contribution in [2.45, 2.75) is 26.7 Å². The number of amides is 1. The Morgan fingerprint density at radius 1 is 0.946 bits per heavy atom. The highest BCUT2D eigenvalue weighted by molar-refractivity contribution is 8.18. The average Bonchev–Trinajstić information content (AvgIpc) is 3.59. The molecule has 8 heteroatoms. The van der Waals surface area contributed by atoms with E-state index in [4.69, 9.17) is 0 Å². The van der Waals surface area contributed by atoms with Crippen LogP contribution in [-0.2, 0) is 4.79 Å². The molecule has 37 heavy (non-hydrogen) atoms. The third-order valence-electron chi connectivity index (χ3n) is 7.57. The normalized spacial score (nSPS) is 19.9. The lowest BCUT2D eigenvalue weighted by atomic mass is 10.0. The molecule has 190 valence electrons. The molecule has 2 fully saturated rings. The van der Waals surface area contributed by atoms with Crippen molar-refractivity contribution in [1.29, 1.82) is 0 Å². The molecule has 0 radical (unpaired) electrons. The molecule has 0 aliphatic carbocycles. The van der Waals surface area contributed by atoms with Crippen LogP contribution in [0, 0.1) is 6.92 Å². The summed E-state index contributed by atoms with van der Waals surface area (Å²) in [4.78, 5) is 34.0. The highest BCUT2D eigenvalue weighted by Crippen LogP contribution is 2.34. The first-order valence-electron chi connectivity index (χ1n) is 13.2. The number of carbonyl (C=O) groups is 1. The van der Waals surface area contributed by atoms with Crippen LogP contribution in [0.1, 0.15) is 30.9 Å². The van der Waals surface area contributed by atoms with Crippen molar-refractivity contribution in [3.8, 4) is 11.3 Å². The Hall–Kier alpha value is -3.23. The van der Waals surface area contributed by atoms with Gasteiger partial charge in [0.1, 0.15) is 6.33 Å². The Kier molecular flexibility index (Phi) is 6.69. The van der Waals surface area contributed by atoms with Gasteiger partial charge in [-0.3, -0.25) is 4.79 Å². The van der Waals surface area contributed by atoms with Crippen LogP contribution in [0.25, 0.3) is 28.2 Å². The summed E-state index contributed by atoms with van der Waals surface area (Å²) in [7, 11) is 0. The quantitative estimate of drug-likeness (QED) is 0.465. The number of benzene rings is 2. The van der Waals surface area contributed by atoms with Crippen LogP contribution in [-0.4, -0.2) is 76.7 Å². The number of rotatable bonds is 4. The van der Waals surface area contributed by atoms with E-state index in [1.807, 2.05) is 18.2 Å². The van der Waals surface area contributed by atoms with Crippen LogP contribution in [0.3, 0.4) is 0 Å². The number of aromatic nitrogens is 2. The first kappa shape index (κ1) is 24.1. The highest BCUT2D eigenvalue weighted by Gasteiger charge is 2.27. The molecule has 0 bridgehead atoms. The summed E-state index contributed by atoms with van der Waals surface area (Å²) in [5, 5.41) is 1.82. The Labute approximate surface area is 222 Å². The smallest absolute Gasteiger partial charge is 0.286 e. The maximum Gasteiger partial charge on any atom is 0.286 e. The number of aryl methyl sites for hydroxylation is 1. The van der Waals surface area contributed by atoms with Crippen molar-refractivity contribution in [3.05, 3.63) is 58.8 Å². The van der Waals surface area contributed by atoms with Gasteiger partial charge in [-0.15, -0.1) is 0 Å². The van der Waals surface area contributed by atoms with Crippen molar-refractivity contribution >= 4 is 45.5 Å². The molecule has 0 unspecified atom stereocenters. The van der Waals surface area contributed by atoms with E-state index in [2.05, 4.69) is 67.8 Å². The number of aliphatic imine (C=N–C) groups is 1. The van der Waals surface area contributed by atoms with Gasteiger partial charge in [-0.05, 0) is 79.5 Å². The fraction of sp³-hybridized carbons (Fsp3) is 0.379. The van der Waals surface area contributed by atoms with Gasteiger partial charge in [0.2, 0.25) is 0 Å². The molecule has 0 spiro atoms. The van der Waals surface area contributed by atoms with E-state index in [0.29, 0.717) is 4.91 Å². The second kappa shape index (κ2) is 10.3. The molecule has 0 saturated carbocycles. The maximum absolute atomic E-state index is 12.6. The molecule has 4 heterocycles. The van der Waals surface area contributed by atoms with Gasteiger partial charge in [-0.25, -0.2) is 9.97 Å². The maximum atomic E-state index is 12.6. The van der Waals surface area contributed by atoms with Gasteiger partial charge in [-0.1, -0.05) is 19.1 Å². The monoisotopic (exact) mass is 512 g/mol. The van der Waals surface area contributed by atoms with Crippen LogP contribution in [0.15, 0.2) is 52.6 Å². The molecule has 0 N–H and O–H groups in total. The predicted octanol–water partition coefficient (Wildman–Crippen LogP) is 4.81. The van der Waals surface area contributed by atoms with Crippen LogP contribution in [0.2, 0.25) is 0 Å². The van der Waals surface area contributed by atoms with Crippen LogP contribution in [0.4, 0.5) is 5.69 Å². The topological polar surface area (TPSA) is 64.9 Å². The minimum atomic E-state index is -0.150. The summed E-state index contributed by atoms with van der Waals surface area (Å²) in [6.45, 7) is 11.8. The molecule has 2 saturated heterocycles. The number of nitrogens with zero attached hydrogens (tertiary/aromatic N) is 6. The van der Waals surface area contributed by atoms with Gasteiger partial charge in [0.25, 0.3) is 5.91 Å². The van der Waals surface area contributed by atoms with Crippen molar-refractivity contribution < 1.29 is 4.79 Å². The number of amidine groups is 1. The molecule has 3 aromatic rings. The number of fused-ring (bicyclic) bond motifs is 1. The van der Waals surface area contributed by atoms with Gasteiger partial charge in [0.15, 0.2) is 5.17 Å². The Balaban J connectivity index is 1.28. The zero-order valence-corrected chi connectivity index (χ0v) is 22.3. The van der Waals surface area contributed by atoms with Gasteiger partial charge in [0, 0.05) is 55.9 Å². The lowest BCUT2D eigenvalue weighted by Crippen LogP contribution is -2.46. The zero-order chi connectivity index (χ0) is 25.4. The van der Waals surface area contributed by atoms with Crippen molar-refractivity contribution in [2.75, 3.05) is 50.7 Å². The molecule has 1 amide bonds. The van der Waals surface area contributed by atoms with E-state index in [0.717, 1.165) is 91.5 Å².